The minimum atomic E-state index is -3.68. The number of nitrogens with one attached hydrogen (secondary N) is 1. The lowest BCUT2D eigenvalue weighted by Crippen LogP contribution is -2.41. The van der Waals surface area contributed by atoms with E-state index in [1.54, 1.807) is 0 Å². The molecule has 1 aliphatic rings. The summed E-state index contributed by atoms with van der Waals surface area (Å²) in [6.07, 6.45) is 1.07. The van der Waals surface area contributed by atoms with Gasteiger partial charge in [-0.05, 0) is 32.6 Å². The summed E-state index contributed by atoms with van der Waals surface area (Å²) in [5.41, 5.74) is 2.35. The predicted molar refractivity (Wildman–Crippen MR) is 78.9 cm³/mol. The molecule has 9 heteroatoms. The van der Waals surface area contributed by atoms with Crippen molar-refractivity contribution >= 4 is 15.8 Å². The smallest absolute Gasteiger partial charge is 0.244 e. The van der Waals surface area contributed by atoms with E-state index in [0.717, 1.165) is 0 Å². The highest BCUT2D eigenvalue weighted by Gasteiger charge is 2.39. The van der Waals surface area contributed by atoms with Crippen LogP contribution in [0.15, 0.2) is 23.2 Å². The normalized spacial score (nSPS) is 23.7. The number of nitrogen functional groups attached to an aromatic ring is 1. The van der Waals surface area contributed by atoms with Gasteiger partial charge < -0.3 is 15.4 Å². The summed E-state index contributed by atoms with van der Waals surface area (Å²) in [5, 5.41) is 9.81. The van der Waals surface area contributed by atoms with E-state index in [9.17, 15) is 13.5 Å². The minimum Gasteiger partial charge on any atom is -0.392 e. The zero-order valence-corrected chi connectivity index (χ0v) is 12.9. The molecule has 8 nitrogen and oxygen atoms in total. The first-order chi connectivity index (χ1) is 9.84. The number of aliphatic hydroxyl groups excluding tert-OH is 1. The molecule has 118 valence electrons. The van der Waals surface area contributed by atoms with Crippen molar-refractivity contribution in [3.8, 4) is 0 Å². The van der Waals surface area contributed by atoms with Gasteiger partial charge in [0.1, 0.15) is 10.7 Å². The molecule has 0 amide bonds. The summed E-state index contributed by atoms with van der Waals surface area (Å²) in [6, 6.07) is 2.71. The predicted octanol–water partition coefficient (Wildman–Crippen LogP) is -0.947. The molecule has 2 unspecified atom stereocenters. The van der Waals surface area contributed by atoms with E-state index in [-0.39, 0.29) is 17.5 Å². The van der Waals surface area contributed by atoms with Gasteiger partial charge in [-0.3, -0.25) is 0 Å². The van der Waals surface area contributed by atoms with E-state index in [4.69, 9.17) is 5.84 Å². The third-order valence-electron chi connectivity index (χ3n) is 3.41. The molecule has 1 aliphatic heterocycles. The SMILES string of the molecule is CN(C)CC1CC(O)CN1S(=O)(=O)c1ccc(NN)nc1. The van der Waals surface area contributed by atoms with Crippen LogP contribution in [-0.2, 0) is 10.0 Å². The van der Waals surface area contributed by atoms with Crippen LogP contribution in [0.1, 0.15) is 6.42 Å². The monoisotopic (exact) mass is 315 g/mol. The number of pyridine rings is 1. The Bertz CT molecular complexity index is 575. The van der Waals surface area contributed by atoms with Crippen molar-refractivity contribution in [3.63, 3.8) is 0 Å². The number of anilines is 1. The highest BCUT2D eigenvalue weighted by molar-refractivity contribution is 7.89. The van der Waals surface area contributed by atoms with Crippen molar-refractivity contribution in [3.05, 3.63) is 18.3 Å². The number of hydrogen-bond acceptors (Lipinski definition) is 7. The minimum absolute atomic E-state index is 0.0966. The van der Waals surface area contributed by atoms with Gasteiger partial charge in [-0.2, -0.15) is 4.31 Å². The summed E-state index contributed by atoms with van der Waals surface area (Å²) in [4.78, 5) is 5.93. The van der Waals surface area contributed by atoms with Crippen LogP contribution >= 0.6 is 0 Å². The largest absolute Gasteiger partial charge is 0.392 e. The van der Waals surface area contributed by atoms with Gasteiger partial charge in [0.05, 0.1) is 6.10 Å². The third kappa shape index (κ3) is 3.50. The van der Waals surface area contributed by atoms with Gasteiger partial charge in [0.2, 0.25) is 10.0 Å². The molecule has 1 saturated heterocycles. The Morgan fingerprint density at radius 2 is 2.24 bits per heavy atom. The number of sulfonamides is 1. The molecule has 2 rings (SSSR count). The Kier molecular flexibility index (Phi) is 4.79. The van der Waals surface area contributed by atoms with Crippen molar-refractivity contribution in [1.82, 2.24) is 14.2 Å². The summed E-state index contributed by atoms with van der Waals surface area (Å²) in [6.45, 7) is 0.671. The Morgan fingerprint density at radius 1 is 1.52 bits per heavy atom. The Labute approximate surface area is 124 Å². The maximum absolute atomic E-state index is 12.7. The molecule has 0 radical (unpaired) electrons. The van der Waals surface area contributed by atoms with Crippen molar-refractivity contribution in [2.75, 3.05) is 32.6 Å². The molecule has 0 aromatic carbocycles. The Balaban J connectivity index is 2.27. The molecular weight excluding hydrogens is 294 g/mol. The number of β-amino-alcohol motifs (C(OH)–C–C–N with tert-alkyl or cyclic N) is 1. The van der Waals surface area contributed by atoms with Crippen molar-refractivity contribution in [2.24, 2.45) is 5.84 Å². The quantitative estimate of drug-likeness (QED) is 0.474. The van der Waals surface area contributed by atoms with Crippen LogP contribution < -0.4 is 11.3 Å². The summed E-state index contributed by atoms with van der Waals surface area (Å²) in [5.74, 6) is 5.60. The topological polar surface area (TPSA) is 112 Å². The maximum Gasteiger partial charge on any atom is 0.244 e. The number of hydrazine groups is 1. The van der Waals surface area contributed by atoms with Crippen LogP contribution in [0.2, 0.25) is 0 Å². The second-order valence-corrected chi connectivity index (χ2v) is 7.29. The maximum atomic E-state index is 12.7. The van der Waals surface area contributed by atoms with Crippen LogP contribution in [-0.4, -0.2) is 67.0 Å². The number of hydrogen-bond donors (Lipinski definition) is 3. The first kappa shape index (κ1) is 16.1. The standard InChI is InChI=1S/C12H21N5O3S/c1-16(2)7-9-5-10(18)8-17(9)21(19,20)11-3-4-12(15-13)14-6-11/h3-4,6,9-10,18H,5,7-8,13H2,1-2H3,(H,14,15). The van der Waals surface area contributed by atoms with Crippen LogP contribution in [0, 0.1) is 0 Å². The lowest BCUT2D eigenvalue weighted by Gasteiger charge is -2.26. The van der Waals surface area contributed by atoms with Crippen LogP contribution in [0.3, 0.4) is 0 Å². The molecule has 21 heavy (non-hydrogen) atoms. The number of nitrogens with two attached hydrogens (primary N) is 1. The number of aliphatic hydroxyl groups is 1. The molecule has 1 fully saturated rings. The zero-order chi connectivity index (χ0) is 15.6. The fraction of sp³-hybridized carbons (Fsp3) is 0.583. The van der Waals surface area contributed by atoms with Gasteiger partial charge in [0.25, 0.3) is 0 Å². The Hall–Kier alpha value is -1.26. The van der Waals surface area contributed by atoms with Gasteiger partial charge >= 0.3 is 0 Å². The lowest BCUT2D eigenvalue weighted by atomic mass is 10.2. The van der Waals surface area contributed by atoms with Gasteiger partial charge in [-0.1, -0.05) is 0 Å². The average Bonchev–Trinajstić information content (AvgIpc) is 2.79. The first-order valence-electron chi connectivity index (χ1n) is 6.62. The molecule has 0 aliphatic carbocycles. The van der Waals surface area contributed by atoms with Crippen LogP contribution in [0.5, 0.6) is 0 Å². The Morgan fingerprint density at radius 3 is 2.76 bits per heavy atom. The molecular formula is C12H21N5O3S. The third-order valence-corrected chi connectivity index (χ3v) is 5.31. The van der Waals surface area contributed by atoms with Crippen molar-refractivity contribution < 1.29 is 13.5 Å². The lowest BCUT2D eigenvalue weighted by molar-refractivity contribution is 0.188. The van der Waals surface area contributed by atoms with Gasteiger partial charge in [0, 0.05) is 25.3 Å². The average molecular weight is 315 g/mol. The van der Waals surface area contributed by atoms with Crippen LogP contribution in [0.4, 0.5) is 5.82 Å². The highest BCUT2D eigenvalue weighted by atomic mass is 32.2. The fourth-order valence-electron chi connectivity index (χ4n) is 2.50. The van der Waals surface area contributed by atoms with E-state index < -0.39 is 16.1 Å². The summed E-state index contributed by atoms with van der Waals surface area (Å²) >= 11 is 0. The molecule has 2 heterocycles. The molecule has 0 spiro atoms. The van der Waals surface area contributed by atoms with E-state index in [1.165, 1.54) is 22.6 Å². The molecule has 2 atom stereocenters. The van der Waals surface area contributed by atoms with Gasteiger partial charge in [-0.25, -0.2) is 19.2 Å². The fourth-order valence-corrected chi connectivity index (χ4v) is 4.11. The van der Waals surface area contributed by atoms with Gasteiger partial charge in [0.15, 0.2) is 0 Å². The summed E-state index contributed by atoms with van der Waals surface area (Å²) in [7, 11) is 0.0717. The van der Waals surface area contributed by atoms with Crippen molar-refractivity contribution in [2.45, 2.75) is 23.5 Å². The summed E-state index contributed by atoms with van der Waals surface area (Å²) < 4.78 is 26.7. The second-order valence-electron chi connectivity index (χ2n) is 5.40. The second kappa shape index (κ2) is 6.24. The van der Waals surface area contributed by atoms with E-state index in [0.29, 0.717) is 18.8 Å². The van der Waals surface area contributed by atoms with E-state index >= 15 is 0 Å². The zero-order valence-electron chi connectivity index (χ0n) is 12.1. The molecule has 4 N–H and O–H groups in total. The van der Waals surface area contributed by atoms with Gasteiger partial charge in [-0.15, -0.1) is 0 Å². The number of likely N-dealkylation sites (N-methyl/N-ethyl adjacent to an activating group) is 1. The number of aromatic nitrogens is 1. The molecule has 1 aromatic rings. The molecule has 0 saturated carbocycles. The molecule has 0 bridgehead atoms. The van der Waals surface area contributed by atoms with E-state index in [2.05, 4.69) is 10.4 Å². The highest BCUT2D eigenvalue weighted by Crippen LogP contribution is 2.26. The number of nitrogens with zero attached hydrogens (tertiary/aromatic N) is 3. The van der Waals surface area contributed by atoms with Crippen molar-refractivity contribution in [1.29, 1.82) is 0 Å². The van der Waals surface area contributed by atoms with Crippen LogP contribution in [0.25, 0.3) is 0 Å². The molecule has 1 aromatic heterocycles. The van der Waals surface area contributed by atoms with E-state index in [1.807, 2.05) is 19.0 Å². The number of rotatable bonds is 5. The first-order valence-corrected chi connectivity index (χ1v) is 8.06.